The van der Waals surface area contributed by atoms with E-state index in [1.807, 2.05) is 37.3 Å². The normalized spacial score (nSPS) is 12.5. The topological polar surface area (TPSA) is 49.8 Å². The van der Waals surface area contributed by atoms with Crippen molar-refractivity contribution in [2.24, 2.45) is 0 Å². The maximum Gasteiger partial charge on any atom is 0.416 e. The van der Waals surface area contributed by atoms with E-state index in [1.165, 1.54) is 6.07 Å². The summed E-state index contributed by atoms with van der Waals surface area (Å²) in [7, 11) is 0. The van der Waals surface area contributed by atoms with Gasteiger partial charge in [0.05, 0.1) is 5.56 Å². The molecule has 7 heteroatoms. The van der Waals surface area contributed by atoms with E-state index >= 15 is 0 Å². The molecule has 0 saturated heterocycles. The van der Waals surface area contributed by atoms with Gasteiger partial charge in [0.2, 0.25) is 5.95 Å². The Balaban J connectivity index is 1.80. The number of nitrogens with one attached hydrogen (secondary N) is 2. The molecule has 2 aromatic carbocycles. The van der Waals surface area contributed by atoms with Crippen LogP contribution in [-0.4, -0.2) is 9.97 Å². The first-order chi connectivity index (χ1) is 12.8. The lowest BCUT2D eigenvalue weighted by Crippen LogP contribution is -2.10. The van der Waals surface area contributed by atoms with E-state index in [2.05, 4.69) is 20.6 Å². The summed E-state index contributed by atoms with van der Waals surface area (Å²) in [4.78, 5) is 8.63. The zero-order valence-corrected chi connectivity index (χ0v) is 14.9. The van der Waals surface area contributed by atoms with Crippen LogP contribution < -0.4 is 10.6 Å². The summed E-state index contributed by atoms with van der Waals surface area (Å²) in [5, 5.41) is 6.14. The maximum absolute atomic E-state index is 12.9. The fraction of sp³-hybridized carbons (Fsp3) is 0.200. The van der Waals surface area contributed by atoms with Crippen LogP contribution in [0.2, 0.25) is 0 Å². The van der Waals surface area contributed by atoms with Gasteiger partial charge in [0.1, 0.15) is 5.82 Å². The Kier molecular flexibility index (Phi) is 5.30. The van der Waals surface area contributed by atoms with Crippen LogP contribution in [0.3, 0.4) is 0 Å². The van der Waals surface area contributed by atoms with E-state index in [-0.39, 0.29) is 17.7 Å². The van der Waals surface area contributed by atoms with Crippen molar-refractivity contribution in [3.8, 4) is 0 Å². The van der Waals surface area contributed by atoms with Gasteiger partial charge in [0.15, 0.2) is 0 Å². The minimum Gasteiger partial charge on any atom is -0.363 e. The molecule has 1 atom stereocenters. The number of hydrogen-bond donors (Lipinski definition) is 2. The van der Waals surface area contributed by atoms with E-state index in [9.17, 15) is 13.2 Å². The summed E-state index contributed by atoms with van der Waals surface area (Å²) in [5.74, 6) is 0.824. The van der Waals surface area contributed by atoms with Gasteiger partial charge in [-0.2, -0.15) is 18.2 Å². The third-order valence-electron chi connectivity index (χ3n) is 3.96. The highest BCUT2D eigenvalue weighted by atomic mass is 19.4. The lowest BCUT2D eigenvalue weighted by molar-refractivity contribution is -0.137. The molecule has 0 aliphatic rings. The van der Waals surface area contributed by atoms with Crippen molar-refractivity contribution in [1.29, 1.82) is 0 Å². The molecule has 0 aliphatic heterocycles. The Bertz CT molecular complexity index is 911. The highest BCUT2D eigenvalue weighted by Gasteiger charge is 2.30. The standard InChI is InChI=1S/C20H19F3N4/c1-13-11-18(25-14(2)15-7-4-3-5-8-15)27-19(24-13)26-17-10-6-9-16(12-17)20(21,22)23/h3-12,14H,1-2H3,(H2,24,25,26,27). The molecular weight excluding hydrogens is 353 g/mol. The van der Waals surface area contributed by atoms with Crippen molar-refractivity contribution in [2.75, 3.05) is 10.6 Å². The van der Waals surface area contributed by atoms with E-state index < -0.39 is 11.7 Å². The Hall–Kier alpha value is -3.09. The largest absolute Gasteiger partial charge is 0.416 e. The lowest BCUT2D eigenvalue weighted by Gasteiger charge is -2.16. The van der Waals surface area contributed by atoms with Crippen molar-refractivity contribution >= 4 is 17.5 Å². The average Bonchev–Trinajstić information content (AvgIpc) is 2.61. The fourth-order valence-corrected chi connectivity index (χ4v) is 2.65. The smallest absolute Gasteiger partial charge is 0.363 e. The number of anilines is 3. The quantitative estimate of drug-likeness (QED) is 0.601. The lowest BCUT2D eigenvalue weighted by atomic mass is 10.1. The second kappa shape index (κ2) is 7.65. The first-order valence-electron chi connectivity index (χ1n) is 8.43. The predicted octanol–water partition coefficient (Wildman–Crippen LogP) is 5.72. The van der Waals surface area contributed by atoms with Gasteiger partial charge >= 0.3 is 6.18 Å². The van der Waals surface area contributed by atoms with Crippen molar-refractivity contribution in [2.45, 2.75) is 26.1 Å². The van der Waals surface area contributed by atoms with Crippen LogP contribution in [-0.2, 0) is 6.18 Å². The Morgan fingerprint density at radius 3 is 2.37 bits per heavy atom. The number of rotatable bonds is 5. The Morgan fingerprint density at radius 1 is 0.926 bits per heavy atom. The molecule has 0 fully saturated rings. The number of halogens is 3. The molecule has 27 heavy (non-hydrogen) atoms. The zero-order chi connectivity index (χ0) is 19.4. The molecule has 0 spiro atoms. The molecule has 0 bridgehead atoms. The van der Waals surface area contributed by atoms with Crippen LogP contribution in [0.4, 0.5) is 30.6 Å². The minimum absolute atomic E-state index is 0.0157. The summed E-state index contributed by atoms with van der Waals surface area (Å²) < 4.78 is 38.6. The summed E-state index contributed by atoms with van der Waals surface area (Å²) in [6, 6.07) is 16.6. The number of benzene rings is 2. The van der Waals surface area contributed by atoms with Gasteiger partial charge in [-0.05, 0) is 37.6 Å². The minimum atomic E-state index is -4.40. The number of nitrogens with zero attached hydrogens (tertiary/aromatic N) is 2. The summed E-state index contributed by atoms with van der Waals surface area (Å²) in [5.41, 5.74) is 1.34. The molecule has 0 aliphatic carbocycles. The highest BCUT2D eigenvalue weighted by Crippen LogP contribution is 2.31. The Labute approximate surface area is 155 Å². The van der Waals surface area contributed by atoms with Crippen molar-refractivity contribution < 1.29 is 13.2 Å². The van der Waals surface area contributed by atoms with Crippen molar-refractivity contribution in [3.05, 3.63) is 77.5 Å². The van der Waals surface area contributed by atoms with Crippen LogP contribution in [0.15, 0.2) is 60.7 Å². The third-order valence-corrected chi connectivity index (χ3v) is 3.96. The second-order valence-corrected chi connectivity index (χ2v) is 6.20. The van der Waals surface area contributed by atoms with Crippen LogP contribution in [0, 0.1) is 6.92 Å². The van der Waals surface area contributed by atoms with Gasteiger partial charge < -0.3 is 10.6 Å². The zero-order valence-electron chi connectivity index (χ0n) is 14.9. The molecular formula is C20H19F3N4. The summed E-state index contributed by atoms with van der Waals surface area (Å²) in [6.07, 6.45) is -4.40. The highest BCUT2D eigenvalue weighted by molar-refractivity contribution is 5.56. The van der Waals surface area contributed by atoms with E-state index in [4.69, 9.17) is 0 Å². The number of hydrogen-bond acceptors (Lipinski definition) is 4. The first-order valence-corrected chi connectivity index (χ1v) is 8.43. The fourth-order valence-electron chi connectivity index (χ4n) is 2.65. The predicted molar refractivity (Wildman–Crippen MR) is 100.0 cm³/mol. The molecule has 3 rings (SSSR count). The molecule has 0 radical (unpaired) electrons. The van der Waals surface area contributed by atoms with E-state index in [1.54, 1.807) is 19.1 Å². The SMILES string of the molecule is Cc1cc(NC(C)c2ccccc2)nc(Nc2cccc(C(F)(F)F)c2)n1. The second-order valence-electron chi connectivity index (χ2n) is 6.20. The molecule has 1 aromatic heterocycles. The van der Waals surface area contributed by atoms with Gasteiger partial charge in [-0.1, -0.05) is 36.4 Å². The molecule has 0 saturated carbocycles. The van der Waals surface area contributed by atoms with Crippen LogP contribution in [0.1, 0.15) is 29.8 Å². The monoisotopic (exact) mass is 372 g/mol. The molecule has 1 unspecified atom stereocenters. The number of aryl methyl sites for hydroxylation is 1. The van der Waals surface area contributed by atoms with E-state index in [0.717, 1.165) is 17.7 Å². The van der Waals surface area contributed by atoms with Crippen molar-refractivity contribution in [1.82, 2.24) is 9.97 Å². The van der Waals surface area contributed by atoms with Crippen LogP contribution in [0.25, 0.3) is 0 Å². The van der Waals surface area contributed by atoms with Crippen LogP contribution >= 0.6 is 0 Å². The summed E-state index contributed by atoms with van der Waals surface area (Å²) >= 11 is 0. The Morgan fingerprint density at radius 2 is 1.67 bits per heavy atom. The first kappa shape index (κ1) is 18.7. The average molecular weight is 372 g/mol. The van der Waals surface area contributed by atoms with Crippen molar-refractivity contribution in [3.63, 3.8) is 0 Å². The molecule has 0 amide bonds. The van der Waals surface area contributed by atoms with Gasteiger partial charge in [0.25, 0.3) is 0 Å². The molecule has 3 aromatic rings. The number of aromatic nitrogens is 2. The van der Waals surface area contributed by atoms with Gasteiger partial charge in [-0.25, -0.2) is 4.98 Å². The molecule has 4 nitrogen and oxygen atoms in total. The van der Waals surface area contributed by atoms with Gasteiger partial charge in [-0.15, -0.1) is 0 Å². The maximum atomic E-state index is 12.9. The molecule has 140 valence electrons. The molecule has 1 heterocycles. The van der Waals surface area contributed by atoms with Gasteiger partial charge in [0, 0.05) is 23.5 Å². The van der Waals surface area contributed by atoms with Crippen LogP contribution in [0.5, 0.6) is 0 Å². The third kappa shape index (κ3) is 4.97. The van der Waals surface area contributed by atoms with E-state index in [0.29, 0.717) is 11.5 Å². The molecule has 2 N–H and O–H groups in total. The number of alkyl halides is 3. The van der Waals surface area contributed by atoms with Gasteiger partial charge in [-0.3, -0.25) is 0 Å². The summed E-state index contributed by atoms with van der Waals surface area (Å²) in [6.45, 7) is 3.81.